The molecule has 1 aliphatic heterocycles. The summed E-state index contributed by atoms with van der Waals surface area (Å²) >= 11 is 12.6. The van der Waals surface area contributed by atoms with Crippen molar-refractivity contribution in [3.05, 3.63) is 123 Å². The summed E-state index contributed by atoms with van der Waals surface area (Å²) in [7, 11) is 0. The van der Waals surface area contributed by atoms with Crippen LogP contribution in [0.5, 0.6) is 0 Å². The Morgan fingerprint density at radius 2 is 1.41 bits per heavy atom. The van der Waals surface area contributed by atoms with Crippen molar-refractivity contribution in [3.63, 3.8) is 0 Å². The third kappa shape index (κ3) is 5.07. The van der Waals surface area contributed by atoms with Crippen molar-refractivity contribution in [1.82, 2.24) is 0 Å². The number of rotatable bonds is 7. The average molecular weight is 531 g/mol. The molecule has 1 aliphatic rings. The molecule has 0 unspecified atom stereocenters. The molecular formula is C29H20Cl2N2O4. The highest BCUT2D eigenvalue weighted by Crippen LogP contribution is 2.34. The minimum absolute atomic E-state index is 0.0121. The first-order valence-corrected chi connectivity index (χ1v) is 12.2. The zero-order chi connectivity index (χ0) is 25.9. The topological polar surface area (TPSA) is 75.7 Å². The summed E-state index contributed by atoms with van der Waals surface area (Å²) < 4.78 is 5.51. The van der Waals surface area contributed by atoms with E-state index in [9.17, 15) is 14.4 Å². The highest BCUT2D eigenvalue weighted by Gasteiger charge is 2.36. The minimum Gasteiger partial charge on any atom is -0.461 e. The van der Waals surface area contributed by atoms with Crippen molar-refractivity contribution in [1.29, 1.82) is 0 Å². The maximum atomic E-state index is 12.8. The van der Waals surface area contributed by atoms with E-state index in [1.165, 1.54) is 0 Å². The molecule has 0 spiro atoms. The lowest BCUT2D eigenvalue weighted by Crippen LogP contribution is -2.29. The van der Waals surface area contributed by atoms with Crippen LogP contribution in [-0.4, -0.2) is 17.8 Å². The Morgan fingerprint density at radius 3 is 2.11 bits per heavy atom. The monoisotopic (exact) mass is 530 g/mol. The average Bonchev–Trinajstić information content (AvgIpc) is 3.16. The SMILES string of the molecule is O=C(Cc1ccccc1Nc1c(Cl)cccc1Cl)OCc1cccc(N2C(=O)c3ccccc3C2=O)c1. The van der Waals surface area contributed by atoms with E-state index in [0.29, 0.717) is 49.4 Å². The van der Waals surface area contributed by atoms with Gasteiger partial charge in [-0.25, -0.2) is 4.90 Å². The summed E-state index contributed by atoms with van der Waals surface area (Å²) in [6.07, 6.45) is 0.0172. The van der Waals surface area contributed by atoms with Crippen LogP contribution in [0.1, 0.15) is 31.8 Å². The number of carbonyl (C=O) groups is 3. The number of para-hydroxylation sites is 2. The van der Waals surface area contributed by atoms with Crippen molar-refractivity contribution in [2.24, 2.45) is 0 Å². The number of esters is 1. The summed E-state index contributed by atoms with van der Waals surface area (Å²) in [6, 6.07) is 26.1. The van der Waals surface area contributed by atoms with Gasteiger partial charge in [0.15, 0.2) is 0 Å². The van der Waals surface area contributed by atoms with E-state index in [2.05, 4.69) is 5.32 Å². The number of nitrogens with one attached hydrogen (secondary N) is 1. The third-order valence-corrected chi connectivity index (χ3v) is 6.57. The first-order chi connectivity index (χ1) is 17.9. The number of amides is 2. The van der Waals surface area contributed by atoms with E-state index in [-0.39, 0.29) is 24.8 Å². The van der Waals surface area contributed by atoms with Crippen molar-refractivity contribution in [2.45, 2.75) is 13.0 Å². The number of nitrogens with zero attached hydrogens (tertiary/aromatic N) is 1. The van der Waals surface area contributed by atoms with Crippen molar-refractivity contribution < 1.29 is 19.1 Å². The standard InChI is InChI=1S/C29H20Cl2N2O4/c30-23-12-6-13-24(31)27(23)32-25-14-4-1-8-19(25)16-26(34)37-17-18-7-5-9-20(15-18)33-28(35)21-10-2-3-11-22(21)29(33)36/h1-15,32H,16-17H2. The molecule has 0 saturated heterocycles. The molecule has 0 saturated carbocycles. The molecule has 4 aromatic rings. The molecule has 2 amide bonds. The van der Waals surface area contributed by atoms with Crippen LogP contribution in [-0.2, 0) is 22.6 Å². The molecule has 0 aromatic heterocycles. The molecule has 0 atom stereocenters. The van der Waals surface area contributed by atoms with E-state index < -0.39 is 5.97 Å². The van der Waals surface area contributed by atoms with Crippen molar-refractivity contribution in [2.75, 3.05) is 10.2 Å². The summed E-state index contributed by atoms with van der Waals surface area (Å²) in [5.41, 5.74) is 3.76. The van der Waals surface area contributed by atoms with Gasteiger partial charge in [0.1, 0.15) is 6.61 Å². The number of fused-ring (bicyclic) bond motifs is 1. The normalized spacial score (nSPS) is 12.4. The van der Waals surface area contributed by atoms with Crippen LogP contribution in [0.2, 0.25) is 10.0 Å². The summed E-state index contributed by atoms with van der Waals surface area (Å²) in [4.78, 5) is 39.4. The van der Waals surface area contributed by atoms with Gasteiger partial charge in [-0.1, -0.05) is 71.7 Å². The number of benzene rings is 4. The lowest BCUT2D eigenvalue weighted by molar-refractivity contribution is -0.144. The van der Waals surface area contributed by atoms with E-state index in [4.69, 9.17) is 27.9 Å². The quantitative estimate of drug-likeness (QED) is 0.209. The van der Waals surface area contributed by atoms with Gasteiger partial charge < -0.3 is 10.1 Å². The van der Waals surface area contributed by atoms with E-state index in [1.807, 2.05) is 24.3 Å². The molecule has 37 heavy (non-hydrogen) atoms. The molecule has 0 fully saturated rings. The smallest absolute Gasteiger partial charge is 0.310 e. The molecule has 8 heteroatoms. The Morgan fingerprint density at radius 1 is 0.784 bits per heavy atom. The second-order valence-electron chi connectivity index (χ2n) is 8.38. The Bertz CT molecular complexity index is 1480. The zero-order valence-electron chi connectivity index (χ0n) is 19.4. The molecule has 0 bridgehead atoms. The first-order valence-electron chi connectivity index (χ1n) is 11.4. The van der Waals surface area contributed by atoms with Crippen LogP contribution in [0.25, 0.3) is 0 Å². The maximum Gasteiger partial charge on any atom is 0.310 e. The van der Waals surface area contributed by atoms with Gasteiger partial charge in [0.25, 0.3) is 11.8 Å². The van der Waals surface area contributed by atoms with Crippen LogP contribution in [0.15, 0.2) is 91.0 Å². The van der Waals surface area contributed by atoms with Crippen LogP contribution in [0.4, 0.5) is 17.1 Å². The maximum absolute atomic E-state index is 12.8. The Labute approximate surface area is 223 Å². The van der Waals surface area contributed by atoms with Gasteiger partial charge in [0.2, 0.25) is 0 Å². The van der Waals surface area contributed by atoms with Crippen molar-refractivity contribution >= 4 is 58.0 Å². The number of anilines is 3. The highest BCUT2D eigenvalue weighted by molar-refractivity contribution is 6.39. The predicted octanol–water partition coefficient (Wildman–Crippen LogP) is 6.82. The fourth-order valence-electron chi connectivity index (χ4n) is 4.13. The zero-order valence-corrected chi connectivity index (χ0v) is 20.9. The lowest BCUT2D eigenvalue weighted by atomic mass is 10.1. The fourth-order valence-corrected chi connectivity index (χ4v) is 4.62. The van der Waals surface area contributed by atoms with Gasteiger partial charge >= 0.3 is 5.97 Å². The second kappa shape index (κ2) is 10.5. The largest absolute Gasteiger partial charge is 0.461 e. The number of ether oxygens (including phenoxy) is 1. The molecule has 6 nitrogen and oxygen atoms in total. The van der Waals surface area contributed by atoms with Crippen LogP contribution >= 0.6 is 23.2 Å². The number of imide groups is 1. The molecule has 184 valence electrons. The number of carbonyl (C=O) groups excluding carboxylic acids is 3. The summed E-state index contributed by atoms with van der Waals surface area (Å²) in [6.45, 7) is -0.0121. The molecule has 0 radical (unpaired) electrons. The summed E-state index contributed by atoms with van der Waals surface area (Å²) in [5.74, 6) is -1.19. The first kappa shape index (κ1) is 24.6. The molecule has 4 aromatic carbocycles. The number of hydrogen-bond acceptors (Lipinski definition) is 5. The molecular weight excluding hydrogens is 511 g/mol. The van der Waals surface area contributed by atoms with Gasteiger partial charge in [0, 0.05) is 5.69 Å². The minimum atomic E-state index is -0.439. The van der Waals surface area contributed by atoms with Gasteiger partial charge in [-0.05, 0) is 53.6 Å². The lowest BCUT2D eigenvalue weighted by Gasteiger charge is -2.16. The Hall–Kier alpha value is -4.13. The molecule has 5 rings (SSSR count). The molecule has 0 aliphatic carbocycles. The Balaban J connectivity index is 1.26. The van der Waals surface area contributed by atoms with Gasteiger partial charge in [-0.2, -0.15) is 0 Å². The van der Waals surface area contributed by atoms with E-state index in [0.717, 1.165) is 4.90 Å². The predicted molar refractivity (Wildman–Crippen MR) is 144 cm³/mol. The highest BCUT2D eigenvalue weighted by atomic mass is 35.5. The van der Waals surface area contributed by atoms with Gasteiger partial charge in [-0.3, -0.25) is 14.4 Å². The van der Waals surface area contributed by atoms with E-state index >= 15 is 0 Å². The number of hydrogen-bond donors (Lipinski definition) is 1. The Kier molecular flexibility index (Phi) is 6.95. The van der Waals surface area contributed by atoms with E-state index in [1.54, 1.807) is 66.7 Å². The van der Waals surface area contributed by atoms with Crippen LogP contribution in [0.3, 0.4) is 0 Å². The molecule has 1 N–H and O–H groups in total. The molecule has 1 heterocycles. The fraction of sp³-hybridized carbons (Fsp3) is 0.0690. The van der Waals surface area contributed by atoms with Gasteiger partial charge in [-0.15, -0.1) is 0 Å². The van der Waals surface area contributed by atoms with Crippen LogP contribution < -0.4 is 10.2 Å². The van der Waals surface area contributed by atoms with Crippen molar-refractivity contribution in [3.8, 4) is 0 Å². The van der Waals surface area contributed by atoms with Crippen LogP contribution in [0, 0.1) is 0 Å². The van der Waals surface area contributed by atoms with Gasteiger partial charge in [0.05, 0.1) is 39.0 Å². The third-order valence-electron chi connectivity index (χ3n) is 5.94. The summed E-state index contributed by atoms with van der Waals surface area (Å²) in [5, 5.41) is 4.12. The number of halogens is 2. The second-order valence-corrected chi connectivity index (χ2v) is 9.19.